The molecule has 2 rings (SSSR count). The molecule has 0 radical (unpaired) electrons. The number of amides is 2. The maximum Gasteiger partial charge on any atom is 0.332 e. The van der Waals surface area contributed by atoms with E-state index in [0.717, 1.165) is 3.57 Å². The molecule has 108 valence electrons. The van der Waals surface area contributed by atoms with Crippen molar-refractivity contribution in [2.45, 2.75) is 25.0 Å². The summed E-state index contributed by atoms with van der Waals surface area (Å²) in [6.07, 6.45) is 0.138. The number of halogens is 1. The number of anilines is 1. The Morgan fingerprint density at radius 1 is 1.40 bits per heavy atom. The van der Waals surface area contributed by atoms with Crippen LogP contribution in [0.5, 0.6) is 0 Å². The van der Waals surface area contributed by atoms with Crippen molar-refractivity contribution >= 4 is 40.3 Å². The van der Waals surface area contributed by atoms with E-state index < -0.39 is 12.1 Å². The summed E-state index contributed by atoms with van der Waals surface area (Å²) in [5.41, 5.74) is 0.713. The molecule has 1 aromatic rings. The third-order valence-electron chi connectivity index (χ3n) is 2.96. The van der Waals surface area contributed by atoms with Crippen LogP contribution in [0.15, 0.2) is 24.3 Å². The van der Waals surface area contributed by atoms with E-state index in [1.807, 2.05) is 18.2 Å². The average Bonchev–Trinajstić information content (AvgIpc) is 2.85. The smallest absolute Gasteiger partial charge is 0.332 e. The van der Waals surface area contributed by atoms with Crippen LogP contribution in [0.3, 0.4) is 0 Å². The van der Waals surface area contributed by atoms with Crippen LogP contribution in [0, 0.1) is 3.57 Å². The van der Waals surface area contributed by atoms with Gasteiger partial charge in [-0.2, -0.15) is 0 Å². The van der Waals surface area contributed by atoms with Crippen molar-refractivity contribution in [3.63, 3.8) is 0 Å². The van der Waals surface area contributed by atoms with Gasteiger partial charge in [0.2, 0.25) is 0 Å². The van der Waals surface area contributed by atoms with Crippen molar-refractivity contribution in [3.05, 3.63) is 27.8 Å². The highest BCUT2D eigenvalue weighted by molar-refractivity contribution is 14.1. The number of benzene rings is 1. The normalized spacial score (nSPS) is 21.4. The molecule has 1 heterocycles. The fourth-order valence-corrected chi connectivity index (χ4v) is 2.53. The molecule has 2 amide bonds. The summed E-state index contributed by atoms with van der Waals surface area (Å²) >= 11 is 2.17. The minimum atomic E-state index is -0.948. The predicted octanol–water partition coefficient (Wildman–Crippen LogP) is 2.04. The van der Waals surface area contributed by atoms with Gasteiger partial charge in [0.1, 0.15) is 0 Å². The molecule has 1 aromatic carbocycles. The lowest BCUT2D eigenvalue weighted by molar-refractivity contribution is -0.149. The monoisotopic (exact) mass is 390 g/mol. The Morgan fingerprint density at radius 3 is 2.85 bits per heavy atom. The first-order valence-electron chi connectivity index (χ1n) is 6.23. The van der Waals surface area contributed by atoms with Gasteiger partial charge in [-0.25, -0.2) is 9.59 Å². The van der Waals surface area contributed by atoms with Crippen LogP contribution < -0.4 is 10.6 Å². The van der Waals surface area contributed by atoms with Crippen molar-refractivity contribution in [2.24, 2.45) is 0 Å². The van der Waals surface area contributed by atoms with Crippen LogP contribution in [0.1, 0.15) is 12.8 Å². The predicted molar refractivity (Wildman–Crippen MR) is 81.7 cm³/mol. The topological polar surface area (TPSA) is 87.7 Å². The molecule has 2 atom stereocenters. The maximum atomic E-state index is 11.7. The Morgan fingerprint density at radius 2 is 2.20 bits per heavy atom. The van der Waals surface area contributed by atoms with Gasteiger partial charge < -0.3 is 20.5 Å². The standard InChI is InChI=1S/C13H15IN2O4/c14-8-2-1-3-9(6-8)16-13(19)15-7-10-4-5-11(20-10)12(17)18/h1-3,6,10-11H,4-5,7H2,(H,17,18)(H2,15,16,19). The number of carboxylic acid groups (broad SMARTS) is 1. The fraction of sp³-hybridized carbons (Fsp3) is 0.385. The average molecular weight is 390 g/mol. The summed E-state index contributed by atoms with van der Waals surface area (Å²) < 4.78 is 6.33. The molecule has 1 fully saturated rings. The van der Waals surface area contributed by atoms with Crippen molar-refractivity contribution in [3.8, 4) is 0 Å². The number of carbonyl (C=O) groups excluding carboxylic acids is 1. The second-order valence-electron chi connectivity index (χ2n) is 4.51. The number of carboxylic acids is 1. The molecule has 2 unspecified atom stereocenters. The number of hydrogen-bond donors (Lipinski definition) is 3. The number of rotatable bonds is 4. The van der Waals surface area contributed by atoms with E-state index in [-0.39, 0.29) is 12.1 Å². The van der Waals surface area contributed by atoms with Crippen molar-refractivity contribution in [2.75, 3.05) is 11.9 Å². The third-order valence-corrected chi connectivity index (χ3v) is 3.63. The quantitative estimate of drug-likeness (QED) is 0.687. The highest BCUT2D eigenvalue weighted by Crippen LogP contribution is 2.19. The molecular formula is C13H15IN2O4. The van der Waals surface area contributed by atoms with E-state index in [0.29, 0.717) is 25.1 Å². The number of carbonyl (C=O) groups is 2. The minimum Gasteiger partial charge on any atom is -0.479 e. The number of aliphatic carboxylic acids is 1. The molecule has 0 spiro atoms. The van der Waals surface area contributed by atoms with Crippen LogP contribution in [0.2, 0.25) is 0 Å². The summed E-state index contributed by atoms with van der Waals surface area (Å²) in [5.74, 6) is -0.948. The second kappa shape index (κ2) is 6.89. The highest BCUT2D eigenvalue weighted by Gasteiger charge is 2.30. The molecule has 7 heteroatoms. The molecule has 20 heavy (non-hydrogen) atoms. The largest absolute Gasteiger partial charge is 0.479 e. The van der Waals surface area contributed by atoms with Gasteiger partial charge in [-0.15, -0.1) is 0 Å². The SMILES string of the molecule is O=C(NCC1CCC(C(=O)O)O1)Nc1cccc(I)c1. The van der Waals surface area contributed by atoms with Gasteiger partial charge in [-0.05, 0) is 53.6 Å². The van der Waals surface area contributed by atoms with E-state index in [9.17, 15) is 9.59 Å². The second-order valence-corrected chi connectivity index (χ2v) is 5.75. The summed E-state index contributed by atoms with van der Waals surface area (Å²) in [6, 6.07) is 7.12. The summed E-state index contributed by atoms with van der Waals surface area (Å²) in [6.45, 7) is 0.305. The van der Waals surface area contributed by atoms with Crippen molar-refractivity contribution < 1.29 is 19.4 Å². The van der Waals surface area contributed by atoms with E-state index in [1.54, 1.807) is 6.07 Å². The molecular weight excluding hydrogens is 375 g/mol. The van der Waals surface area contributed by atoms with Gasteiger partial charge in [0.05, 0.1) is 6.10 Å². The fourth-order valence-electron chi connectivity index (χ4n) is 1.99. The Hall–Kier alpha value is -1.35. The summed E-state index contributed by atoms with van der Waals surface area (Å²) in [5, 5.41) is 14.2. The van der Waals surface area contributed by atoms with E-state index in [4.69, 9.17) is 9.84 Å². The molecule has 3 N–H and O–H groups in total. The zero-order valence-corrected chi connectivity index (χ0v) is 12.8. The first kappa shape index (κ1) is 15.0. The number of nitrogens with one attached hydrogen (secondary N) is 2. The molecule has 0 aromatic heterocycles. The number of urea groups is 1. The van der Waals surface area contributed by atoms with E-state index >= 15 is 0 Å². The van der Waals surface area contributed by atoms with Crippen LogP contribution in [0.4, 0.5) is 10.5 Å². The van der Waals surface area contributed by atoms with Crippen LogP contribution in [0.25, 0.3) is 0 Å². The lowest BCUT2D eigenvalue weighted by Gasteiger charge is -2.13. The maximum absolute atomic E-state index is 11.7. The Kier molecular flexibility index (Phi) is 5.18. The van der Waals surface area contributed by atoms with Gasteiger partial charge in [0.15, 0.2) is 6.10 Å². The van der Waals surface area contributed by atoms with Crippen LogP contribution >= 0.6 is 22.6 Å². The van der Waals surface area contributed by atoms with E-state index in [2.05, 4.69) is 33.2 Å². The number of ether oxygens (including phenoxy) is 1. The molecule has 0 saturated carbocycles. The number of hydrogen-bond acceptors (Lipinski definition) is 3. The zero-order chi connectivity index (χ0) is 14.5. The molecule has 6 nitrogen and oxygen atoms in total. The molecule has 1 aliphatic heterocycles. The van der Waals surface area contributed by atoms with Crippen LogP contribution in [-0.2, 0) is 9.53 Å². The Bertz CT molecular complexity index is 509. The molecule has 1 saturated heterocycles. The van der Waals surface area contributed by atoms with Crippen LogP contribution in [-0.4, -0.2) is 35.9 Å². The van der Waals surface area contributed by atoms with Gasteiger partial charge in [-0.3, -0.25) is 0 Å². The first-order valence-corrected chi connectivity index (χ1v) is 7.31. The molecule has 0 aliphatic carbocycles. The lowest BCUT2D eigenvalue weighted by atomic mass is 10.2. The summed E-state index contributed by atoms with van der Waals surface area (Å²) in [4.78, 5) is 22.4. The Labute approximate surface area is 130 Å². The van der Waals surface area contributed by atoms with Gasteiger partial charge in [-0.1, -0.05) is 6.07 Å². The Balaban J connectivity index is 1.75. The zero-order valence-electron chi connectivity index (χ0n) is 10.6. The lowest BCUT2D eigenvalue weighted by Crippen LogP contribution is -2.35. The van der Waals surface area contributed by atoms with Gasteiger partial charge >= 0.3 is 12.0 Å². The van der Waals surface area contributed by atoms with E-state index in [1.165, 1.54) is 0 Å². The molecule has 1 aliphatic rings. The van der Waals surface area contributed by atoms with Gasteiger partial charge in [0, 0.05) is 15.8 Å². The third kappa shape index (κ3) is 4.34. The summed E-state index contributed by atoms with van der Waals surface area (Å²) in [7, 11) is 0. The van der Waals surface area contributed by atoms with Crippen molar-refractivity contribution in [1.29, 1.82) is 0 Å². The minimum absolute atomic E-state index is 0.238. The van der Waals surface area contributed by atoms with Gasteiger partial charge in [0.25, 0.3) is 0 Å². The molecule has 0 bridgehead atoms. The highest BCUT2D eigenvalue weighted by atomic mass is 127. The first-order chi connectivity index (χ1) is 9.54. The van der Waals surface area contributed by atoms with Crippen molar-refractivity contribution in [1.82, 2.24) is 5.32 Å².